The number of morpholine rings is 1. The average Bonchev–Trinajstić information content (AvgIpc) is 2.79. The van der Waals surface area contributed by atoms with Crippen LogP contribution in [0.2, 0.25) is 0 Å². The van der Waals surface area contributed by atoms with Crippen LogP contribution in [-0.4, -0.2) is 73.8 Å². The van der Waals surface area contributed by atoms with Crippen molar-refractivity contribution in [2.24, 2.45) is 0 Å². The first-order valence-electron chi connectivity index (χ1n) is 11.7. The summed E-state index contributed by atoms with van der Waals surface area (Å²) in [4.78, 5) is 17.7. The fraction of sp³-hybridized carbons (Fsp3) is 0.708. The molecule has 166 valence electrons. The van der Waals surface area contributed by atoms with Gasteiger partial charge in [0.2, 0.25) is 5.91 Å². The Morgan fingerprint density at radius 2 is 1.93 bits per heavy atom. The van der Waals surface area contributed by atoms with E-state index in [9.17, 15) is 4.79 Å². The molecule has 0 atom stereocenters. The first kappa shape index (κ1) is 21.6. The number of hydrogen-bond acceptors (Lipinski definition) is 5. The second-order valence-electron chi connectivity index (χ2n) is 8.99. The van der Waals surface area contributed by atoms with Gasteiger partial charge in [-0.25, -0.2) is 0 Å². The van der Waals surface area contributed by atoms with Gasteiger partial charge in [-0.15, -0.1) is 0 Å². The SMILES string of the molecule is CCOc1ccc2c(c1)CN(CC(=O)NCC1(N3CCOCC3)CCCCC1)CC2. The van der Waals surface area contributed by atoms with Gasteiger partial charge >= 0.3 is 0 Å². The molecule has 2 aliphatic heterocycles. The van der Waals surface area contributed by atoms with Crippen molar-refractivity contribution in [3.05, 3.63) is 29.3 Å². The van der Waals surface area contributed by atoms with E-state index in [2.05, 4.69) is 33.3 Å². The lowest BCUT2D eigenvalue weighted by Crippen LogP contribution is -2.60. The average molecular weight is 416 g/mol. The van der Waals surface area contributed by atoms with Gasteiger partial charge in [0.15, 0.2) is 0 Å². The maximum atomic E-state index is 12.8. The summed E-state index contributed by atoms with van der Waals surface area (Å²) in [6.07, 6.45) is 7.20. The molecule has 1 aromatic carbocycles. The number of nitrogens with one attached hydrogen (secondary N) is 1. The van der Waals surface area contributed by atoms with E-state index in [1.54, 1.807) is 0 Å². The first-order chi connectivity index (χ1) is 14.7. The molecule has 1 N–H and O–H groups in total. The summed E-state index contributed by atoms with van der Waals surface area (Å²) < 4.78 is 11.2. The van der Waals surface area contributed by atoms with Crippen LogP contribution in [0.3, 0.4) is 0 Å². The summed E-state index contributed by atoms with van der Waals surface area (Å²) in [5.74, 6) is 1.07. The minimum absolute atomic E-state index is 0.124. The highest BCUT2D eigenvalue weighted by atomic mass is 16.5. The lowest BCUT2D eigenvalue weighted by atomic mass is 9.79. The van der Waals surface area contributed by atoms with Crippen LogP contribution >= 0.6 is 0 Å². The second kappa shape index (κ2) is 10.1. The molecule has 1 aliphatic carbocycles. The van der Waals surface area contributed by atoms with Crippen molar-refractivity contribution in [2.45, 2.75) is 57.5 Å². The lowest BCUT2D eigenvalue weighted by molar-refractivity contribution is -0.123. The molecule has 2 heterocycles. The summed E-state index contributed by atoms with van der Waals surface area (Å²) in [6.45, 7) is 9.27. The first-order valence-corrected chi connectivity index (χ1v) is 11.7. The lowest BCUT2D eigenvalue weighted by Gasteiger charge is -2.48. The van der Waals surface area contributed by atoms with Crippen LogP contribution in [0.15, 0.2) is 18.2 Å². The zero-order valence-electron chi connectivity index (χ0n) is 18.5. The summed E-state index contributed by atoms with van der Waals surface area (Å²) in [5.41, 5.74) is 2.79. The molecule has 1 amide bonds. The number of carbonyl (C=O) groups excluding carboxylic acids is 1. The van der Waals surface area contributed by atoms with Crippen LogP contribution in [0.25, 0.3) is 0 Å². The van der Waals surface area contributed by atoms with Crippen molar-refractivity contribution in [1.82, 2.24) is 15.1 Å². The number of hydrogen-bond donors (Lipinski definition) is 1. The van der Waals surface area contributed by atoms with E-state index in [0.717, 1.165) is 58.1 Å². The third-order valence-electron chi connectivity index (χ3n) is 7.03. The van der Waals surface area contributed by atoms with Gasteiger partial charge in [0.25, 0.3) is 0 Å². The van der Waals surface area contributed by atoms with Crippen molar-refractivity contribution in [2.75, 3.05) is 52.5 Å². The Morgan fingerprint density at radius 3 is 2.70 bits per heavy atom. The van der Waals surface area contributed by atoms with Gasteiger partial charge < -0.3 is 14.8 Å². The summed E-state index contributed by atoms with van der Waals surface area (Å²) in [7, 11) is 0. The van der Waals surface area contributed by atoms with Crippen LogP contribution < -0.4 is 10.1 Å². The fourth-order valence-corrected chi connectivity index (χ4v) is 5.36. The Kier molecular flexibility index (Phi) is 7.28. The van der Waals surface area contributed by atoms with Crippen LogP contribution in [0.4, 0.5) is 0 Å². The molecule has 0 spiro atoms. The normalized spacial score (nSPS) is 22.3. The highest BCUT2D eigenvalue weighted by Crippen LogP contribution is 2.34. The monoisotopic (exact) mass is 415 g/mol. The Bertz CT molecular complexity index is 712. The Hall–Kier alpha value is -1.63. The summed E-state index contributed by atoms with van der Waals surface area (Å²) >= 11 is 0. The van der Waals surface area contributed by atoms with Gasteiger partial charge in [-0.2, -0.15) is 0 Å². The number of amides is 1. The molecule has 1 saturated heterocycles. The number of rotatable bonds is 7. The van der Waals surface area contributed by atoms with Gasteiger partial charge in [-0.05, 0) is 49.4 Å². The maximum absolute atomic E-state index is 12.8. The van der Waals surface area contributed by atoms with E-state index < -0.39 is 0 Å². The Labute approximate surface area is 180 Å². The highest BCUT2D eigenvalue weighted by molar-refractivity contribution is 5.78. The largest absolute Gasteiger partial charge is 0.494 e. The van der Waals surface area contributed by atoms with Crippen LogP contribution in [-0.2, 0) is 22.5 Å². The zero-order chi connectivity index (χ0) is 20.8. The van der Waals surface area contributed by atoms with Crippen molar-refractivity contribution < 1.29 is 14.3 Å². The van der Waals surface area contributed by atoms with E-state index in [1.807, 2.05) is 6.92 Å². The van der Waals surface area contributed by atoms with Gasteiger partial charge in [0.1, 0.15) is 5.75 Å². The molecule has 2 fully saturated rings. The molecule has 0 unspecified atom stereocenters. The summed E-state index contributed by atoms with van der Waals surface area (Å²) in [6, 6.07) is 6.37. The van der Waals surface area contributed by atoms with Crippen LogP contribution in [0.5, 0.6) is 5.75 Å². The van der Waals surface area contributed by atoms with Crippen molar-refractivity contribution in [3.8, 4) is 5.75 Å². The Balaban J connectivity index is 1.32. The molecule has 0 radical (unpaired) electrons. The minimum atomic E-state index is 0.124. The second-order valence-corrected chi connectivity index (χ2v) is 8.99. The van der Waals surface area contributed by atoms with Crippen molar-refractivity contribution >= 4 is 5.91 Å². The van der Waals surface area contributed by atoms with E-state index in [1.165, 1.54) is 43.2 Å². The zero-order valence-corrected chi connectivity index (χ0v) is 18.5. The predicted molar refractivity (Wildman–Crippen MR) is 118 cm³/mol. The van der Waals surface area contributed by atoms with E-state index in [-0.39, 0.29) is 11.4 Å². The van der Waals surface area contributed by atoms with Gasteiger partial charge in [-0.3, -0.25) is 14.6 Å². The van der Waals surface area contributed by atoms with E-state index in [0.29, 0.717) is 13.2 Å². The molecule has 6 heteroatoms. The van der Waals surface area contributed by atoms with Gasteiger partial charge in [0, 0.05) is 38.3 Å². The highest BCUT2D eigenvalue weighted by Gasteiger charge is 2.38. The molecule has 4 rings (SSSR count). The van der Waals surface area contributed by atoms with Crippen molar-refractivity contribution in [3.63, 3.8) is 0 Å². The smallest absolute Gasteiger partial charge is 0.234 e. The Morgan fingerprint density at radius 1 is 1.13 bits per heavy atom. The third kappa shape index (κ3) is 5.16. The molecule has 0 aromatic heterocycles. The number of fused-ring (bicyclic) bond motifs is 1. The van der Waals surface area contributed by atoms with Gasteiger partial charge in [0.05, 0.1) is 26.4 Å². The van der Waals surface area contributed by atoms with Crippen LogP contribution in [0.1, 0.15) is 50.2 Å². The standard InChI is InChI=1S/C24H37N3O3/c1-2-30-22-7-6-20-8-11-26(17-21(20)16-22)18-23(28)25-19-24(9-4-3-5-10-24)27-12-14-29-15-13-27/h6-7,16H,2-5,8-15,17-19H2,1H3,(H,25,28). The molecular weight excluding hydrogens is 378 g/mol. The maximum Gasteiger partial charge on any atom is 0.234 e. The molecule has 3 aliphatic rings. The number of benzene rings is 1. The topological polar surface area (TPSA) is 54.0 Å². The molecule has 6 nitrogen and oxygen atoms in total. The van der Waals surface area contributed by atoms with Gasteiger partial charge in [-0.1, -0.05) is 25.3 Å². The van der Waals surface area contributed by atoms with E-state index in [4.69, 9.17) is 9.47 Å². The molecule has 1 saturated carbocycles. The minimum Gasteiger partial charge on any atom is -0.494 e. The molecule has 0 bridgehead atoms. The molecular formula is C24H37N3O3. The predicted octanol–water partition coefficient (Wildman–Crippen LogP) is 2.59. The number of ether oxygens (including phenoxy) is 2. The fourth-order valence-electron chi connectivity index (χ4n) is 5.36. The third-order valence-corrected chi connectivity index (χ3v) is 7.03. The summed E-state index contributed by atoms with van der Waals surface area (Å²) in [5, 5.41) is 3.31. The van der Waals surface area contributed by atoms with Crippen molar-refractivity contribution in [1.29, 1.82) is 0 Å². The number of carbonyl (C=O) groups is 1. The molecule has 1 aromatic rings. The van der Waals surface area contributed by atoms with Crippen LogP contribution in [0, 0.1) is 0 Å². The van der Waals surface area contributed by atoms with E-state index >= 15 is 0 Å². The quantitative estimate of drug-likeness (QED) is 0.742. The number of nitrogens with zero attached hydrogens (tertiary/aromatic N) is 2. The molecule has 30 heavy (non-hydrogen) atoms.